The third kappa shape index (κ3) is 5.52. The molecule has 0 unspecified atom stereocenters. The Morgan fingerprint density at radius 2 is 1.47 bits per heavy atom. The van der Waals surface area contributed by atoms with E-state index in [1.54, 1.807) is 0 Å². The highest BCUT2D eigenvalue weighted by atomic mass is 16.4. The molecule has 0 spiro atoms. The Labute approximate surface area is 112 Å². The van der Waals surface area contributed by atoms with E-state index >= 15 is 0 Å². The predicted octanol–water partition coefficient (Wildman–Crippen LogP) is 2.36. The van der Waals surface area contributed by atoms with Crippen LogP contribution in [-0.2, 0) is 0 Å². The second kappa shape index (κ2) is 7.53. The van der Waals surface area contributed by atoms with Crippen LogP contribution < -0.4 is 5.73 Å². The van der Waals surface area contributed by atoms with Crippen LogP contribution in [-0.4, -0.2) is 28.2 Å². The molecule has 1 aromatic carbocycles. The third-order valence-corrected chi connectivity index (χ3v) is 3.01. The van der Waals surface area contributed by atoms with Gasteiger partial charge in [0.25, 0.3) is 0 Å². The van der Waals surface area contributed by atoms with Crippen LogP contribution >= 0.6 is 0 Å². The van der Waals surface area contributed by atoms with Crippen molar-refractivity contribution in [3.05, 3.63) is 35.4 Å². The van der Waals surface area contributed by atoms with Gasteiger partial charge >= 0.3 is 11.9 Å². The second-order valence-electron chi connectivity index (χ2n) is 4.59. The first-order valence-corrected chi connectivity index (χ1v) is 6.33. The Bertz CT molecular complexity index is 410. The maximum absolute atomic E-state index is 10.4. The zero-order valence-electron chi connectivity index (χ0n) is 10.7. The van der Waals surface area contributed by atoms with E-state index in [2.05, 4.69) is 0 Å². The molecule has 4 N–H and O–H groups in total. The lowest BCUT2D eigenvalue weighted by atomic mass is 9.97. The molecule has 0 radical (unpaired) electrons. The van der Waals surface area contributed by atoms with Crippen LogP contribution in [0.5, 0.6) is 0 Å². The van der Waals surface area contributed by atoms with Gasteiger partial charge in [-0.1, -0.05) is 25.3 Å². The van der Waals surface area contributed by atoms with Crippen LogP contribution in [0.2, 0.25) is 0 Å². The maximum Gasteiger partial charge on any atom is 0.335 e. The molecular formula is C14H19NO4. The van der Waals surface area contributed by atoms with Gasteiger partial charge in [0, 0.05) is 6.04 Å². The number of benzene rings is 1. The molecule has 0 amide bonds. The number of aromatic carboxylic acids is 2. The van der Waals surface area contributed by atoms with Crippen LogP contribution in [0.1, 0.15) is 52.8 Å². The van der Waals surface area contributed by atoms with Gasteiger partial charge in [0.05, 0.1) is 11.1 Å². The minimum absolute atomic E-state index is 0.0186. The molecule has 0 aromatic heterocycles. The summed E-state index contributed by atoms with van der Waals surface area (Å²) in [5.74, 6) is -2.25. The van der Waals surface area contributed by atoms with Gasteiger partial charge in [-0.3, -0.25) is 0 Å². The maximum atomic E-state index is 10.4. The summed E-state index contributed by atoms with van der Waals surface area (Å²) in [5.41, 5.74) is 5.60. The fraction of sp³-hybridized carbons (Fsp3) is 0.429. The topological polar surface area (TPSA) is 101 Å². The first-order valence-electron chi connectivity index (χ1n) is 6.33. The lowest BCUT2D eigenvalue weighted by Crippen LogP contribution is -2.22. The number of rotatable bonds is 2. The van der Waals surface area contributed by atoms with E-state index in [0.29, 0.717) is 6.04 Å². The molecule has 0 saturated heterocycles. The number of nitrogens with two attached hydrogens (primary N) is 1. The molecule has 0 atom stereocenters. The van der Waals surface area contributed by atoms with Crippen molar-refractivity contribution in [2.45, 2.75) is 38.1 Å². The van der Waals surface area contributed by atoms with Crippen LogP contribution in [0.4, 0.5) is 0 Å². The van der Waals surface area contributed by atoms with Crippen LogP contribution in [0.25, 0.3) is 0 Å². The smallest absolute Gasteiger partial charge is 0.335 e. The van der Waals surface area contributed by atoms with E-state index in [1.807, 2.05) is 0 Å². The standard InChI is InChI=1S/C8H6O4.C6H13N/c9-7(10)5-2-1-3-6(4-5)8(11)12;7-6-4-2-1-3-5-6/h1-4H,(H,9,10)(H,11,12);6H,1-5,7H2. The number of hydrogen-bond donors (Lipinski definition) is 3. The lowest BCUT2D eigenvalue weighted by molar-refractivity contribution is 0.0696. The largest absolute Gasteiger partial charge is 0.478 e. The molecule has 1 aliphatic carbocycles. The fourth-order valence-electron chi connectivity index (χ4n) is 1.92. The van der Waals surface area contributed by atoms with E-state index < -0.39 is 11.9 Å². The zero-order valence-corrected chi connectivity index (χ0v) is 10.7. The van der Waals surface area contributed by atoms with Crippen molar-refractivity contribution in [3.63, 3.8) is 0 Å². The quantitative estimate of drug-likeness (QED) is 0.762. The lowest BCUT2D eigenvalue weighted by Gasteiger charge is -2.15. The molecule has 0 heterocycles. The highest BCUT2D eigenvalue weighted by Crippen LogP contribution is 2.14. The Balaban J connectivity index is 0.000000218. The fourth-order valence-corrected chi connectivity index (χ4v) is 1.92. The Kier molecular flexibility index (Phi) is 6.02. The van der Waals surface area contributed by atoms with Gasteiger partial charge in [0.1, 0.15) is 0 Å². The number of carbonyl (C=O) groups is 2. The first-order chi connectivity index (χ1) is 9.00. The van der Waals surface area contributed by atoms with E-state index in [-0.39, 0.29) is 11.1 Å². The summed E-state index contributed by atoms with van der Waals surface area (Å²) in [6, 6.07) is 5.73. The van der Waals surface area contributed by atoms with Crippen molar-refractivity contribution < 1.29 is 19.8 Å². The van der Waals surface area contributed by atoms with Gasteiger partial charge in [-0.25, -0.2) is 9.59 Å². The SMILES string of the molecule is NC1CCCCC1.O=C(O)c1cccc(C(=O)O)c1. The average Bonchev–Trinajstić information content (AvgIpc) is 2.40. The van der Waals surface area contributed by atoms with Gasteiger partial charge in [0.15, 0.2) is 0 Å². The average molecular weight is 265 g/mol. The molecule has 5 nitrogen and oxygen atoms in total. The summed E-state index contributed by atoms with van der Waals surface area (Å²) in [6.45, 7) is 0. The van der Waals surface area contributed by atoms with Gasteiger partial charge in [-0.05, 0) is 31.0 Å². The molecule has 0 aliphatic heterocycles. The summed E-state index contributed by atoms with van der Waals surface area (Å²) in [5, 5.41) is 17.0. The molecular weight excluding hydrogens is 246 g/mol. The molecule has 0 bridgehead atoms. The zero-order chi connectivity index (χ0) is 14.3. The minimum Gasteiger partial charge on any atom is -0.478 e. The summed E-state index contributed by atoms with van der Waals surface area (Å²) in [7, 11) is 0. The van der Waals surface area contributed by atoms with Crippen molar-refractivity contribution in [3.8, 4) is 0 Å². The molecule has 19 heavy (non-hydrogen) atoms. The summed E-state index contributed by atoms with van der Waals surface area (Å²) < 4.78 is 0. The van der Waals surface area contributed by atoms with Crippen molar-refractivity contribution >= 4 is 11.9 Å². The summed E-state index contributed by atoms with van der Waals surface area (Å²) >= 11 is 0. The van der Waals surface area contributed by atoms with Crippen molar-refractivity contribution in [2.24, 2.45) is 5.73 Å². The van der Waals surface area contributed by atoms with Gasteiger partial charge < -0.3 is 15.9 Å². The van der Waals surface area contributed by atoms with E-state index in [0.717, 1.165) is 6.07 Å². The highest BCUT2D eigenvalue weighted by Gasteiger charge is 2.07. The third-order valence-electron chi connectivity index (χ3n) is 3.01. The number of carboxylic acids is 2. The molecule has 104 valence electrons. The molecule has 1 fully saturated rings. The molecule has 1 aliphatic rings. The van der Waals surface area contributed by atoms with Gasteiger partial charge in [-0.15, -0.1) is 0 Å². The van der Waals surface area contributed by atoms with Crippen LogP contribution in [0.3, 0.4) is 0 Å². The van der Waals surface area contributed by atoms with E-state index in [9.17, 15) is 9.59 Å². The van der Waals surface area contributed by atoms with Gasteiger partial charge in [0.2, 0.25) is 0 Å². The van der Waals surface area contributed by atoms with Crippen LogP contribution in [0, 0.1) is 0 Å². The molecule has 1 saturated carbocycles. The first kappa shape index (κ1) is 15.2. The van der Waals surface area contributed by atoms with Gasteiger partial charge in [-0.2, -0.15) is 0 Å². The van der Waals surface area contributed by atoms with Crippen molar-refractivity contribution in [2.75, 3.05) is 0 Å². The Morgan fingerprint density at radius 1 is 1.00 bits per heavy atom. The van der Waals surface area contributed by atoms with Crippen molar-refractivity contribution in [1.82, 2.24) is 0 Å². The Hall–Kier alpha value is -1.88. The summed E-state index contributed by atoms with van der Waals surface area (Å²) in [6.07, 6.45) is 6.66. The molecule has 5 heteroatoms. The highest BCUT2D eigenvalue weighted by molar-refractivity contribution is 5.93. The second-order valence-corrected chi connectivity index (χ2v) is 4.59. The predicted molar refractivity (Wildman–Crippen MR) is 71.4 cm³/mol. The molecule has 2 rings (SSSR count). The normalized spacial score (nSPS) is 15.2. The number of hydrogen-bond acceptors (Lipinski definition) is 3. The van der Waals surface area contributed by atoms with Crippen LogP contribution in [0.15, 0.2) is 24.3 Å². The molecule has 1 aromatic rings. The van der Waals surface area contributed by atoms with Crippen molar-refractivity contribution in [1.29, 1.82) is 0 Å². The monoisotopic (exact) mass is 265 g/mol. The van der Waals surface area contributed by atoms with E-state index in [1.165, 1.54) is 50.3 Å². The number of carboxylic acid groups (broad SMARTS) is 2. The minimum atomic E-state index is -1.13. The summed E-state index contributed by atoms with van der Waals surface area (Å²) in [4.78, 5) is 20.8. The van der Waals surface area contributed by atoms with E-state index in [4.69, 9.17) is 15.9 Å². The Morgan fingerprint density at radius 3 is 1.79 bits per heavy atom.